The summed E-state index contributed by atoms with van der Waals surface area (Å²) in [4.78, 5) is 24.4. The van der Waals surface area contributed by atoms with Gasteiger partial charge in [-0.25, -0.2) is 9.97 Å². The summed E-state index contributed by atoms with van der Waals surface area (Å²) in [6.45, 7) is 3.80. The molecule has 2 N–H and O–H groups in total. The summed E-state index contributed by atoms with van der Waals surface area (Å²) in [6, 6.07) is 18.4. The lowest BCUT2D eigenvalue weighted by atomic mass is 10.1. The standard InChI is InChI=1S/C25H20ClN5O2/c1-2-24(32)30-18-8-5-6-17(12-18)21-14-27-16-29-25(21)31-19-9-10-23(22(26)13-19)33-15-20-7-3-4-11-28-20/h2-14,16H,1,15H2,(H,30,32)(H,27,29,31). The van der Waals surface area contributed by atoms with E-state index in [2.05, 4.69) is 32.2 Å². The molecule has 0 radical (unpaired) electrons. The van der Waals surface area contributed by atoms with Crippen molar-refractivity contribution < 1.29 is 9.53 Å². The van der Waals surface area contributed by atoms with Crippen LogP contribution in [0.2, 0.25) is 5.02 Å². The number of aromatic nitrogens is 3. The summed E-state index contributed by atoms with van der Waals surface area (Å²) in [5.41, 5.74) is 3.79. The van der Waals surface area contributed by atoms with Gasteiger partial charge in [-0.05, 0) is 54.1 Å². The molecule has 2 aromatic carbocycles. The smallest absolute Gasteiger partial charge is 0.247 e. The fourth-order valence-corrected chi connectivity index (χ4v) is 3.30. The van der Waals surface area contributed by atoms with Crippen LogP contribution in [0.25, 0.3) is 11.1 Å². The Bertz CT molecular complexity index is 1280. The number of benzene rings is 2. The zero-order valence-corrected chi connectivity index (χ0v) is 18.3. The minimum Gasteiger partial charge on any atom is -0.486 e. The molecule has 0 aliphatic rings. The van der Waals surface area contributed by atoms with E-state index in [9.17, 15) is 4.79 Å². The van der Waals surface area contributed by atoms with Crippen LogP contribution < -0.4 is 15.4 Å². The number of carbonyl (C=O) groups excluding carboxylic acids is 1. The Hall–Kier alpha value is -4.23. The topological polar surface area (TPSA) is 89.0 Å². The Morgan fingerprint density at radius 1 is 1.06 bits per heavy atom. The maximum atomic E-state index is 11.6. The highest BCUT2D eigenvalue weighted by molar-refractivity contribution is 6.32. The average molecular weight is 458 g/mol. The number of rotatable bonds is 8. The first kappa shape index (κ1) is 22.0. The monoisotopic (exact) mass is 457 g/mol. The van der Waals surface area contributed by atoms with E-state index in [0.29, 0.717) is 28.9 Å². The van der Waals surface area contributed by atoms with Gasteiger partial charge in [-0.15, -0.1) is 0 Å². The molecule has 0 aliphatic heterocycles. The van der Waals surface area contributed by atoms with E-state index < -0.39 is 0 Å². The van der Waals surface area contributed by atoms with Crippen LogP contribution in [0.1, 0.15) is 5.69 Å². The molecule has 0 fully saturated rings. The normalized spacial score (nSPS) is 10.3. The van der Waals surface area contributed by atoms with Gasteiger partial charge in [0.25, 0.3) is 0 Å². The Morgan fingerprint density at radius 2 is 1.97 bits per heavy atom. The maximum Gasteiger partial charge on any atom is 0.247 e. The molecule has 4 rings (SSSR count). The summed E-state index contributed by atoms with van der Waals surface area (Å²) in [5, 5.41) is 6.49. The Morgan fingerprint density at radius 3 is 2.76 bits per heavy atom. The number of nitrogens with one attached hydrogen (secondary N) is 2. The van der Waals surface area contributed by atoms with Crippen molar-refractivity contribution in [2.75, 3.05) is 10.6 Å². The quantitative estimate of drug-likeness (QED) is 0.333. The zero-order valence-electron chi connectivity index (χ0n) is 17.5. The highest BCUT2D eigenvalue weighted by atomic mass is 35.5. The summed E-state index contributed by atoms with van der Waals surface area (Å²) < 4.78 is 5.79. The van der Waals surface area contributed by atoms with Gasteiger partial charge in [0.1, 0.15) is 24.5 Å². The van der Waals surface area contributed by atoms with Gasteiger partial charge in [0, 0.05) is 29.3 Å². The highest BCUT2D eigenvalue weighted by Gasteiger charge is 2.10. The maximum absolute atomic E-state index is 11.6. The van der Waals surface area contributed by atoms with Gasteiger partial charge >= 0.3 is 0 Å². The predicted octanol–water partition coefficient (Wildman–Crippen LogP) is 5.64. The summed E-state index contributed by atoms with van der Waals surface area (Å²) in [7, 11) is 0. The van der Waals surface area contributed by atoms with Crippen molar-refractivity contribution in [2.45, 2.75) is 6.61 Å². The van der Waals surface area contributed by atoms with Gasteiger partial charge in [-0.3, -0.25) is 9.78 Å². The van der Waals surface area contributed by atoms with Crippen LogP contribution in [0.4, 0.5) is 17.2 Å². The molecular formula is C25H20ClN5O2. The third-order valence-electron chi connectivity index (χ3n) is 4.64. The van der Waals surface area contributed by atoms with Crippen molar-refractivity contribution >= 4 is 34.7 Å². The first-order chi connectivity index (χ1) is 16.1. The SMILES string of the molecule is C=CC(=O)Nc1cccc(-c2cncnc2Nc2ccc(OCc3ccccn3)c(Cl)c2)c1. The molecule has 2 heterocycles. The largest absolute Gasteiger partial charge is 0.486 e. The van der Waals surface area contributed by atoms with E-state index >= 15 is 0 Å². The van der Waals surface area contributed by atoms with Crippen LogP contribution >= 0.6 is 11.6 Å². The molecule has 0 aliphatic carbocycles. The third kappa shape index (κ3) is 5.72. The molecule has 7 nitrogen and oxygen atoms in total. The zero-order chi connectivity index (χ0) is 23.0. The molecule has 4 aromatic rings. The van der Waals surface area contributed by atoms with Gasteiger partial charge in [-0.1, -0.05) is 36.4 Å². The lowest BCUT2D eigenvalue weighted by Gasteiger charge is -2.13. The molecule has 33 heavy (non-hydrogen) atoms. The fraction of sp³-hybridized carbons (Fsp3) is 0.0400. The Kier molecular flexibility index (Phi) is 6.92. The van der Waals surface area contributed by atoms with Crippen LogP contribution in [0, 0.1) is 0 Å². The van der Waals surface area contributed by atoms with Gasteiger partial charge in [-0.2, -0.15) is 0 Å². The summed E-state index contributed by atoms with van der Waals surface area (Å²) >= 11 is 6.44. The molecule has 0 saturated carbocycles. The van der Waals surface area contributed by atoms with Gasteiger partial charge in [0.15, 0.2) is 0 Å². The van der Waals surface area contributed by atoms with E-state index in [-0.39, 0.29) is 5.91 Å². The highest BCUT2D eigenvalue weighted by Crippen LogP contribution is 2.33. The van der Waals surface area contributed by atoms with E-state index in [1.54, 1.807) is 30.6 Å². The second kappa shape index (κ2) is 10.4. The van der Waals surface area contributed by atoms with Crippen molar-refractivity contribution in [1.82, 2.24) is 15.0 Å². The third-order valence-corrected chi connectivity index (χ3v) is 4.93. The first-order valence-electron chi connectivity index (χ1n) is 10.1. The average Bonchev–Trinajstić information content (AvgIpc) is 2.84. The molecule has 0 spiro atoms. The van der Waals surface area contributed by atoms with Crippen LogP contribution in [0.3, 0.4) is 0 Å². The molecule has 2 aromatic heterocycles. The van der Waals surface area contributed by atoms with Crippen LogP contribution in [-0.4, -0.2) is 20.9 Å². The van der Waals surface area contributed by atoms with Gasteiger partial charge < -0.3 is 15.4 Å². The van der Waals surface area contributed by atoms with Crippen LogP contribution in [0.15, 0.2) is 92.0 Å². The molecular weight excluding hydrogens is 438 g/mol. The molecule has 0 atom stereocenters. The second-order valence-corrected chi connectivity index (χ2v) is 7.35. The number of amides is 1. The van der Waals surface area contributed by atoms with E-state index in [1.807, 2.05) is 42.5 Å². The predicted molar refractivity (Wildman–Crippen MR) is 130 cm³/mol. The molecule has 0 bridgehead atoms. The number of hydrogen-bond acceptors (Lipinski definition) is 6. The molecule has 164 valence electrons. The number of nitrogens with zero attached hydrogens (tertiary/aromatic N) is 3. The number of anilines is 3. The lowest BCUT2D eigenvalue weighted by molar-refractivity contribution is -0.111. The van der Waals surface area contributed by atoms with E-state index in [0.717, 1.165) is 22.5 Å². The number of carbonyl (C=O) groups is 1. The van der Waals surface area contributed by atoms with Crippen molar-refractivity contribution in [3.63, 3.8) is 0 Å². The number of hydrogen-bond donors (Lipinski definition) is 2. The molecule has 0 unspecified atom stereocenters. The van der Waals surface area contributed by atoms with E-state index in [1.165, 1.54) is 12.4 Å². The molecule has 0 saturated heterocycles. The Balaban J connectivity index is 1.52. The number of pyridine rings is 1. The van der Waals surface area contributed by atoms with E-state index in [4.69, 9.17) is 16.3 Å². The molecule has 1 amide bonds. The second-order valence-electron chi connectivity index (χ2n) is 6.94. The Labute approximate surface area is 196 Å². The minimum absolute atomic E-state index is 0.283. The first-order valence-corrected chi connectivity index (χ1v) is 10.4. The van der Waals surface area contributed by atoms with Crippen LogP contribution in [-0.2, 0) is 11.4 Å². The minimum atomic E-state index is -0.283. The fourth-order valence-electron chi connectivity index (χ4n) is 3.07. The van der Waals surface area contributed by atoms with Crippen molar-refractivity contribution in [3.05, 3.63) is 103 Å². The summed E-state index contributed by atoms with van der Waals surface area (Å²) in [5.74, 6) is 0.867. The summed E-state index contributed by atoms with van der Waals surface area (Å²) in [6.07, 6.45) is 6.10. The van der Waals surface area contributed by atoms with Gasteiger partial charge in [0.05, 0.1) is 10.7 Å². The van der Waals surface area contributed by atoms with Crippen molar-refractivity contribution in [2.24, 2.45) is 0 Å². The number of halogens is 1. The van der Waals surface area contributed by atoms with Gasteiger partial charge in [0.2, 0.25) is 5.91 Å². The van der Waals surface area contributed by atoms with Crippen molar-refractivity contribution in [1.29, 1.82) is 0 Å². The van der Waals surface area contributed by atoms with Crippen LogP contribution in [0.5, 0.6) is 5.75 Å². The lowest BCUT2D eigenvalue weighted by Crippen LogP contribution is -2.07. The van der Waals surface area contributed by atoms with Crippen molar-refractivity contribution in [3.8, 4) is 16.9 Å². The number of ether oxygens (including phenoxy) is 1. The molecule has 8 heteroatoms.